The Morgan fingerprint density at radius 2 is 1.93 bits per heavy atom. The van der Waals surface area contributed by atoms with Crippen molar-refractivity contribution < 1.29 is 9.53 Å². The van der Waals surface area contributed by atoms with Crippen LogP contribution in [0, 0.1) is 0 Å². The van der Waals surface area contributed by atoms with Crippen LogP contribution in [0.5, 0.6) is 0 Å². The lowest BCUT2D eigenvalue weighted by molar-refractivity contribution is 0.0302. The summed E-state index contributed by atoms with van der Waals surface area (Å²) in [5.41, 5.74) is 1.92. The van der Waals surface area contributed by atoms with Crippen LogP contribution < -0.4 is 4.90 Å². The average Bonchev–Trinajstić information content (AvgIpc) is 2.79. The zero-order valence-electron chi connectivity index (χ0n) is 16.7. The first-order valence-corrected chi connectivity index (χ1v) is 10.9. The van der Waals surface area contributed by atoms with Crippen molar-refractivity contribution in [3.63, 3.8) is 0 Å². The highest BCUT2D eigenvalue weighted by Crippen LogP contribution is 2.32. The van der Waals surface area contributed by atoms with Crippen molar-refractivity contribution in [3.05, 3.63) is 58.7 Å². The summed E-state index contributed by atoms with van der Waals surface area (Å²) in [5, 5.41) is 0.565. The summed E-state index contributed by atoms with van der Waals surface area (Å²) in [4.78, 5) is 21.5. The van der Waals surface area contributed by atoms with Crippen LogP contribution in [-0.4, -0.2) is 54.7 Å². The van der Waals surface area contributed by atoms with Gasteiger partial charge >= 0.3 is 0 Å². The van der Waals surface area contributed by atoms with Gasteiger partial charge in [-0.2, -0.15) is 0 Å². The molecule has 4 rings (SSSR count). The fourth-order valence-electron chi connectivity index (χ4n) is 4.27. The second kappa shape index (κ2) is 9.59. The number of aromatic nitrogens is 1. The van der Waals surface area contributed by atoms with E-state index in [4.69, 9.17) is 16.3 Å². The van der Waals surface area contributed by atoms with Gasteiger partial charge in [0.2, 0.25) is 0 Å². The minimum Gasteiger partial charge on any atom is -0.378 e. The van der Waals surface area contributed by atoms with Crippen LogP contribution in [0.3, 0.4) is 0 Å². The van der Waals surface area contributed by atoms with Crippen molar-refractivity contribution >= 4 is 23.3 Å². The van der Waals surface area contributed by atoms with E-state index in [1.807, 2.05) is 0 Å². The van der Waals surface area contributed by atoms with E-state index in [1.54, 1.807) is 17.2 Å². The lowest BCUT2D eigenvalue weighted by atomic mass is 9.95. The molecule has 29 heavy (non-hydrogen) atoms. The number of benzene rings is 1. The molecule has 2 aromatic rings. The molecule has 0 N–H and O–H groups in total. The van der Waals surface area contributed by atoms with E-state index in [-0.39, 0.29) is 5.91 Å². The molecule has 1 atom stereocenters. The van der Waals surface area contributed by atoms with Crippen LogP contribution >= 0.6 is 11.6 Å². The van der Waals surface area contributed by atoms with Gasteiger partial charge in [0.15, 0.2) is 0 Å². The number of carbonyl (C=O) groups excluding carboxylic acids is 1. The van der Waals surface area contributed by atoms with Crippen LogP contribution in [0.1, 0.15) is 41.6 Å². The normalized spacial score (nSPS) is 20.0. The fraction of sp³-hybridized carbons (Fsp3) is 0.478. The molecule has 1 aromatic heterocycles. The highest BCUT2D eigenvalue weighted by molar-refractivity contribution is 6.33. The minimum absolute atomic E-state index is 0.0199. The van der Waals surface area contributed by atoms with Gasteiger partial charge in [-0.25, -0.2) is 4.98 Å². The summed E-state index contributed by atoms with van der Waals surface area (Å²) in [7, 11) is 0. The van der Waals surface area contributed by atoms with Gasteiger partial charge in [-0.1, -0.05) is 41.9 Å². The SMILES string of the molecule is O=C(c1cnc(N2CCCCC2CCc2ccccc2)c(Cl)c1)N1CCOCC1. The molecule has 2 aliphatic rings. The Bertz CT molecular complexity index is 824. The predicted molar refractivity (Wildman–Crippen MR) is 116 cm³/mol. The zero-order valence-corrected chi connectivity index (χ0v) is 17.5. The summed E-state index contributed by atoms with van der Waals surface area (Å²) < 4.78 is 5.33. The number of anilines is 1. The first kappa shape index (κ1) is 20.2. The van der Waals surface area contributed by atoms with Gasteiger partial charge in [0.1, 0.15) is 5.82 Å². The Labute approximate surface area is 177 Å². The number of ether oxygens (including phenoxy) is 1. The van der Waals surface area contributed by atoms with Crippen LogP contribution in [0.25, 0.3) is 0 Å². The van der Waals surface area contributed by atoms with Crippen molar-refractivity contribution in [2.24, 2.45) is 0 Å². The minimum atomic E-state index is -0.0199. The molecule has 0 aliphatic carbocycles. The Balaban J connectivity index is 1.47. The number of piperidine rings is 1. The molecule has 1 aromatic carbocycles. The van der Waals surface area contributed by atoms with E-state index in [2.05, 4.69) is 40.2 Å². The summed E-state index contributed by atoms with van der Waals surface area (Å²) in [6.45, 7) is 3.37. The lowest BCUT2D eigenvalue weighted by Crippen LogP contribution is -2.41. The topological polar surface area (TPSA) is 45.7 Å². The number of pyridine rings is 1. The van der Waals surface area contributed by atoms with E-state index in [0.29, 0.717) is 42.9 Å². The fourth-order valence-corrected chi connectivity index (χ4v) is 4.54. The molecule has 2 saturated heterocycles. The summed E-state index contributed by atoms with van der Waals surface area (Å²) in [6, 6.07) is 12.8. The van der Waals surface area contributed by atoms with Crippen molar-refractivity contribution in [3.8, 4) is 0 Å². The van der Waals surface area contributed by atoms with Gasteiger partial charge in [0.25, 0.3) is 5.91 Å². The second-order valence-electron chi connectivity index (χ2n) is 7.80. The molecule has 1 unspecified atom stereocenters. The standard InChI is InChI=1S/C23H28ClN3O2/c24-21-16-19(23(28)26-12-14-29-15-13-26)17-25-22(21)27-11-5-4-8-20(27)10-9-18-6-2-1-3-7-18/h1-3,6-7,16-17,20H,4-5,8-15H2. The van der Waals surface area contributed by atoms with Crippen LogP contribution in [-0.2, 0) is 11.2 Å². The molecule has 2 fully saturated rings. The van der Waals surface area contributed by atoms with E-state index < -0.39 is 0 Å². The molecule has 3 heterocycles. The molecule has 2 aliphatic heterocycles. The monoisotopic (exact) mass is 413 g/mol. The molecule has 5 nitrogen and oxygen atoms in total. The van der Waals surface area contributed by atoms with Gasteiger partial charge in [-0.3, -0.25) is 4.79 Å². The van der Waals surface area contributed by atoms with Gasteiger partial charge < -0.3 is 14.5 Å². The first-order valence-electron chi connectivity index (χ1n) is 10.6. The summed E-state index contributed by atoms with van der Waals surface area (Å²) >= 11 is 6.63. The van der Waals surface area contributed by atoms with Crippen molar-refractivity contribution in [2.45, 2.75) is 38.1 Å². The quantitative estimate of drug-likeness (QED) is 0.737. The zero-order chi connectivity index (χ0) is 20.1. The highest BCUT2D eigenvalue weighted by atomic mass is 35.5. The van der Waals surface area contributed by atoms with Gasteiger partial charge in [0.05, 0.1) is 23.8 Å². The third-order valence-corrected chi connectivity index (χ3v) is 6.15. The van der Waals surface area contributed by atoms with Crippen molar-refractivity contribution in [1.82, 2.24) is 9.88 Å². The highest BCUT2D eigenvalue weighted by Gasteiger charge is 2.26. The van der Waals surface area contributed by atoms with E-state index in [1.165, 1.54) is 12.0 Å². The van der Waals surface area contributed by atoms with Crippen molar-refractivity contribution in [1.29, 1.82) is 0 Å². The Morgan fingerprint density at radius 3 is 2.69 bits per heavy atom. The smallest absolute Gasteiger partial charge is 0.255 e. The number of amides is 1. The number of aryl methyl sites for hydroxylation is 1. The molecular formula is C23H28ClN3O2. The average molecular weight is 414 g/mol. The maximum absolute atomic E-state index is 12.7. The van der Waals surface area contributed by atoms with Gasteiger partial charge in [-0.05, 0) is 43.7 Å². The maximum atomic E-state index is 12.7. The number of hydrogen-bond acceptors (Lipinski definition) is 4. The molecular weight excluding hydrogens is 386 g/mol. The molecule has 0 radical (unpaired) electrons. The van der Waals surface area contributed by atoms with Gasteiger partial charge in [0, 0.05) is 31.9 Å². The van der Waals surface area contributed by atoms with Crippen LogP contribution in [0.15, 0.2) is 42.6 Å². The second-order valence-corrected chi connectivity index (χ2v) is 8.21. The third-order valence-electron chi connectivity index (χ3n) is 5.88. The number of morpholine rings is 1. The molecule has 0 spiro atoms. The first-order chi connectivity index (χ1) is 14.2. The van der Waals surface area contributed by atoms with Crippen LogP contribution in [0.4, 0.5) is 5.82 Å². The summed E-state index contributed by atoms with van der Waals surface area (Å²) in [6.07, 6.45) is 7.35. The Morgan fingerprint density at radius 1 is 1.14 bits per heavy atom. The maximum Gasteiger partial charge on any atom is 0.255 e. The van der Waals surface area contributed by atoms with E-state index >= 15 is 0 Å². The Kier molecular flexibility index (Phi) is 6.67. The predicted octanol–water partition coefficient (Wildman–Crippen LogP) is 4.20. The number of hydrogen-bond donors (Lipinski definition) is 0. The number of nitrogens with zero attached hydrogens (tertiary/aromatic N) is 3. The molecule has 1 amide bonds. The molecule has 0 bridgehead atoms. The number of carbonyl (C=O) groups is 1. The molecule has 6 heteroatoms. The number of rotatable bonds is 5. The molecule has 0 saturated carbocycles. The third kappa shape index (κ3) is 4.90. The van der Waals surface area contributed by atoms with Crippen molar-refractivity contribution in [2.75, 3.05) is 37.7 Å². The van der Waals surface area contributed by atoms with E-state index in [0.717, 1.165) is 38.0 Å². The molecule has 154 valence electrons. The summed E-state index contributed by atoms with van der Waals surface area (Å²) in [5.74, 6) is 0.788. The Hall–Kier alpha value is -2.11. The largest absolute Gasteiger partial charge is 0.378 e. The van der Waals surface area contributed by atoms with E-state index in [9.17, 15) is 4.79 Å². The van der Waals surface area contributed by atoms with Gasteiger partial charge in [-0.15, -0.1) is 0 Å². The lowest BCUT2D eigenvalue weighted by Gasteiger charge is -2.37. The van der Waals surface area contributed by atoms with Crippen LogP contribution in [0.2, 0.25) is 5.02 Å². The number of halogens is 1.